The van der Waals surface area contributed by atoms with Crippen LogP contribution in [-0.4, -0.2) is 45.3 Å². The molecule has 2 amide bonds. The molecule has 43 heavy (non-hydrogen) atoms. The molecule has 0 fully saturated rings. The largest absolute Gasteiger partial charge is 0.493 e. The normalized spacial score (nSPS) is 10.8. The molecule has 0 atom stereocenters. The number of carbonyl (C=O) groups excluding carboxylic acids is 3. The maximum atomic E-state index is 12.9. The number of methoxy groups -OCH3 is 3. The Balaban J connectivity index is 1.37. The molecule has 0 radical (unpaired) electrons. The Morgan fingerprint density at radius 2 is 1.37 bits per heavy atom. The van der Waals surface area contributed by atoms with Crippen LogP contribution in [0.25, 0.3) is 6.08 Å². The zero-order valence-corrected chi connectivity index (χ0v) is 23.7. The Bertz CT molecular complexity index is 1620. The third kappa shape index (κ3) is 8.08. The van der Waals surface area contributed by atoms with Crippen molar-refractivity contribution in [3.63, 3.8) is 0 Å². The minimum absolute atomic E-state index is 0.182. The molecule has 0 saturated heterocycles. The number of nitrogens with one attached hydrogen (secondary N) is 2. The summed E-state index contributed by atoms with van der Waals surface area (Å²) in [5, 5.41) is 6.76. The number of para-hydroxylation sites is 1. The van der Waals surface area contributed by atoms with E-state index in [1.54, 1.807) is 54.6 Å². The Hall–Kier alpha value is -5.90. The molecule has 0 unspecified atom stereocenters. The van der Waals surface area contributed by atoms with Crippen molar-refractivity contribution in [1.29, 1.82) is 0 Å². The number of benzene rings is 4. The molecule has 0 heterocycles. The fourth-order valence-corrected chi connectivity index (χ4v) is 3.89. The maximum Gasteiger partial charge on any atom is 0.343 e. The van der Waals surface area contributed by atoms with Crippen LogP contribution in [0.15, 0.2) is 102 Å². The number of hydrazone groups is 1. The minimum atomic E-state index is -0.660. The Kier molecular flexibility index (Phi) is 10.2. The van der Waals surface area contributed by atoms with Crippen LogP contribution in [0.3, 0.4) is 0 Å². The van der Waals surface area contributed by atoms with Crippen molar-refractivity contribution in [1.82, 2.24) is 5.43 Å². The van der Waals surface area contributed by atoms with Crippen LogP contribution < -0.4 is 29.7 Å². The van der Waals surface area contributed by atoms with Gasteiger partial charge in [0.1, 0.15) is 5.75 Å². The lowest BCUT2D eigenvalue weighted by atomic mass is 10.1. The third-order valence-electron chi connectivity index (χ3n) is 6.03. The average molecular weight is 580 g/mol. The first-order valence-electron chi connectivity index (χ1n) is 13.0. The highest BCUT2D eigenvalue weighted by molar-refractivity contribution is 6.02. The van der Waals surface area contributed by atoms with Crippen LogP contribution in [0.1, 0.15) is 31.8 Å². The zero-order chi connectivity index (χ0) is 30.6. The molecule has 0 aliphatic carbocycles. The van der Waals surface area contributed by atoms with Gasteiger partial charge in [0.15, 0.2) is 11.5 Å². The number of nitrogens with zero attached hydrogens (tertiary/aromatic N) is 1. The first-order chi connectivity index (χ1) is 20.9. The lowest BCUT2D eigenvalue weighted by Crippen LogP contribution is -2.18. The number of anilines is 1. The molecule has 4 aromatic rings. The monoisotopic (exact) mass is 579 g/mol. The summed E-state index contributed by atoms with van der Waals surface area (Å²) >= 11 is 0. The van der Waals surface area contributed by atoms with E-state index in [0.717, 1.165) is 5.56 Å². The molecular weight excluding hydrogens is 550 g/mol. The molecule has 0 saturated carbocycles. The summed E-state index contributed by atoms with van der Waals surface area (Å²) in [5.74, 6) is -0.239. The number of esters is 1. The van der Waals surface area contributed by atoms with Gasteiger partial charge in [-0.25, -0.2) is 10.2 Å². The van der Waals surface area contributed by atoms with Crippen molar-refractivity contribution in [3.05, 3.63) is 119 Å². The molecule has 0 spiro atoms. The van der Waals surface area contributed by atoms with Crippen LogP contribution in [0.4, 0.5) is 5.69 Å². The second-order valence-corrected chi connectivity index (χ2v) is 8.85. The van der Waals surface area contributed by atoms with Crippen LogP contribution in [0.2, 0.25) is 0 Å². The van der Waals surface area contributed by atoms with Crippen molar-refractivity contribution in [2.24, 2.45) is 5.10 Å². The summed E-state index contributed by atoms with van der Waals surface area (Å²) in [5.41, 5.74) is 4.85. The highest BCUT2D eigenvalue weighted by atomic mass is 16.5. The van der Waals surface area contributed by atoms with E-state index >= 15 is 0 Å². The topological polar surface area (TPSA) is 125 Å². The number of hydrogen-bond acceptors (Lipinski definition) is 8. The molecule has 4 rings (SSSR count). The molecule has 0 aromatic heterocycles. The van der Waals surface area contributed by atoms with Gasteiger partial charge in [0.2, 0.25) is 11.7 Å². The number of amides is 2. The Labute approximate surface area is 248 Å². The van der Waals surface area contributed by atoms with E-state index in [0.29, 0.717) is 34.1 Å². The standard InChI is InChI=1S/C33H29N3O7/c1-40-28-19-25(20-29(41-2)31(28)42-3)33(39)43-27-12-8-7-11-24(27)21-34-36-32(38)23-14-16-26(17-15-23)35-30(37)18-13-22-9-5-4-6-10-22/h4-21H,1-3H3,(H,35,37)(H,36,38)/b18-13+,34-21-. The van der Waals surface area contributed by atoms with Gasteiger partial charge in [0.25, 0.3) is 5.91 Å². The van der Waals surface area contributed by atoms with Gasteiger partial charge in [-0.15, -0.1) is 0 Å². The highest BCUT2D eigenvalue weighted by Crippen LogP contribution is 2.38. The summed E-state index contributed by atoms with van der Waals surface area (Å²) in [6, 6.07) is 25.5. The van der Waals surface area contributed by atoms with Gasteiger partial charge < -0.3 is 24.3 Å². The lowest BCUT2D eigenvalue weighted by molar-refractivity contribution is -0.111. The average Bonchev–Trinajstić information content (AvgIpc) is 3.04. The predicted octanol–water partition coefficient (Wildman–Crippen LogP) is 5.35. The second kappa shape index (κ2) is 14.6. The quantitative estimate of drug-likeness (QED) is 0.0807. The molecule has 10 heteroatoms. The van der Waals surface area contributed by atoms with E-state index in [2.05, 4.69) is 15.8 Å². The predicted molar refractivity (Wildman–Crippen MR) is 163 cm³/mol. The first kappa shape index (κ1) is 30.1. The molecule has 0 aliphatic rings. The fourth-order valence-electron chi connectivity index (χ4n) is 3.89. The van der Waals surface area contributed by atoms with Gasteiger partial charge in [0.05, 0.1) is 33.1 Å². The molecular formula is C33H29N3O7. The van der Waals surface area contributed by atoms with Crippen LogP contribution in [0, 0.1) is 0 Å². The van der Waals surface area contributed by atoms with Gasteiger partial charge in [-0.05, 0) is 60.2 Å². The minimum Gasteiger partial charge on any atom is -0.493 e. The van der Waals surface area contributed by atoms with Gasteiger partial charge >= 0.3 is 5.97 Å². The number of ether oxygens (including phenoxy) is 4. The summed E-state index contributed by atoms with van der Waals surface area (Å²) in [6.07, 6.45) is 4.51. The molecule has 0 aliphatic heterocycles. The van der Waals surface area contributed by atoms with Crippen LogP contribution >= 0.6 is 0 Å². The second-order valence-electron chi connectivity index (χ2n) is 8.85. The van der Waals surface area contributed by atoms with Crippen molar-refractivity contribution < 1.29 is 33.3 Å². The van der Waals surface area contributed by atoms with Crippen LogP contribution in [-0.2, 0) is 4.79 Å². The Morgan fingerprint density at radius 3 is 2.02 bits per heavy atom. The maximum absolute atomic E-state index is 12.9. The molecule has 2 N–H and O–H groups in total. The van der Waals surface area contributed by atoms with E-state index in [-0.39, 0.29) is 17.2 Å². The van der Waals surface area contributed by atoms with Gasteiger partial charge in [-0.3, -0.25) is 9.59 Å². The van der Waals surface area contributed by atoms with E-state index in [1.807, 2.05) is 30.3 Å². The molecule has 10 nitrogen and oxygen atoms in total. The number of rotatable bonds is 11. The third-order valence-corrected chi connectivity index (χ3v) is 6.03. The van der Waals surface area contributed by atoms with E-state index in [1.165, 1.54) is 45.8 Å². The van der Waals surface area contributed by atoms with Crippen molar-refractivity contribution in [2.45, 2.75) is 0 Å². The number of hydrogen-bond donors (Lipinski definition) is 2. The lowest BCUT2D eigenvalue weighted by Gasteiger charge is -2.14. The smallest absolute Gasteiger partial charge is 0.343 e. The van der Waals surface area contributed by atoms with E-state index < -0.39 is 11.9 Å². The SMILES string of the molecule is COc1cc(C(=O)Oc2ccccc2/C=N\NC(=O)c2ccc(NC(=O)/C=C/c3ccccc3)cc2)cc(OC)c1OC. The van der Waals surface area contributed by atoms with Gasteiger partial charge in [0, 0.05) is 22.9 Å². The van der Waals surface area contributed by atoms with Gasteiger partial charge in [-0.2, -0.15) is 5.10 Å². The fraction of sp³-hybridized carbons (Fsp3) is 0.0909. The molecule has 218 valence electrons. The Morgan fingerprint density at radius 1 is 0.721 bits per heavy atom. The zero-order valence-electron chi connectivity index (χ0n) is 23.7. The highest BCUT2D eigenvalue weighted by Gasteiger charge is 2.19. The molecule has 4 aromatic carbocycles. The van der Waals surface area contributed by atoms with Crippen molar-refractivity contribution in [3.8, 4) is 23.0 Å². The van der Waals surface area contributed by atoms with Crippen molar-refractivity contribution in [2.75, 3.05) is 26.6 Å². The van der Waals surface area contributed by atoms with Gasteiger partial charge in [-0.1, -0.05) is 42.5 Å². The van der Waals surface area contributed by atoms with Crippen LogP contribution in [0.5, 0.6) is 23.0 Å². The summed E-state index contributed by atoms with van der Waals surface area (Å²) in [4.78, 5) is 37.7. The molecule has 0 bridgehead atoms. The summed E-state index contributed by atoms with van der Waals surface area (Å²) in [7, 11) is 4.36. The number of carbonyl (C=O) groups is 3. The van der Waals surface area contributed by atoms with E-state index in [4.69, 9.17) is 18.9 Å². The summed E-state index contributed by atoms with van der Waals surface area (Å²) in [6.45, 7) is 0. The van der Waals surface area contributed by atoms with Crippen molar-refractivity contribution >= 4 is 35.8 Å². The first-order valence-corrected chi connectivity index (χ1v) is 13.0. The van der Waals surface area contributed by atoms with E-state index in [9.17, 15) is 14.4 Å². The summed E-state index contributed by atoms with van der Waals surface area (Å²) < 4.78 is 21.5.